The lowest BCUT2D eigenvalue weighted by atomic mass is 9.88. The van der Waals surface area contributed by atoms with E-state index >= 15 is 0 Å². The van der Waals surface area contributed by atoms with Gasteiger partial charge >= 0.3 is 0 Å². The van der Waals surface area contributed by atoms with Crippen molar-refractivity contribution in [2.24, 2.45) is 0 Å². The fraction of sp³-hybridized carbons (Fsp3) is 0.625. The minimum absolute atomic E-state index is 0.0508. The zero-order chi connectivity index (χ0) is 15.3. The van der Waals surface area contributed by atoms with Crippen molar-refractivity contribution in [1.29, 1.82) is 0 Å². The molecule has 0 aliphatic rings. The molecular formula is C16H26ClFN2. The normalized spacial score (nSPS) is 13.8. The van der Waals surface area contributed by atoms with Gasteiger partial charge in [-0.25, -0.2) is 4.39 Å². The van der Waals surface area contributed by atoms with Crippen molar-refractivity contribution in [1.82, 2.24) is 10.2 Å². The summed E-state index contributed by atoms with van der Waals surface area (Å²) in [6.07, 6.45) is 1.78. The second-order valence-electron chi connectivity index (χ2n) is 5.97. The van der Waals surface area contributed by atoms with Crippen LogP contribution in [-0.4, -0.2) is 37.1 Å². The van der Waals surface area contributed by atoms with Crippen LogP contribution in [0.4, 0.5) is 4.39 Å². The van der Waals surface area contributed by atoms with Crippen LogP contribution in [0.1, 0.15) is 32.8 Å². The third-order valence-corrected chi connectivity index (χ3v) is 4.53. The molecule has 0 aliphatic carbocycles. The van der Waals surface area contributed by atoms with Crippen molar-refractivity contribution in [2.45, 2.75) is 45.2 Å². The van der Waals surface area contributed by atoms with Gasteiger partial charge < -0.3 is 10.2 Å². The molecule has 0 aromatic heterocycles. The maximum atomic E-state index is 13.6. The van der Waals surface area contributed by atoms with E-state index in [4.69, 9.17) is 11.6 Å². The lowest BCUT2D eigenvalue weighted by Crippen LogP contribution is -2.56. The molecule has 0 saturated carbocycles. The summed E-state index contributed by atoms with van der Waals surface area (Å²) in [5.74, 6) is -0.346. The monoisotopic (exact) mass is 300 g/mol. The highest BCUT2D eigenvalue weighted by atomic mass is 35.5. The van der Waals surface area contributed by atoms with Gasteiger partial charge in [-0.05, 0) is 59.0 Å². The maximum absolute atomic E-state index is 13.6. The Kier molecular flexibility index (Phi) is 6.44. The van der Waals surface area contributed by atoms with Crippen molar-refractivity contribution < 1.29 is 4.39 Å². The standard InChI is InChI=1S/C16H26ClFN2/c1-6-10-19-14(16(2,3)20(4)5)11-12-8-7-9-13(18)15(12)17/h7-9,14,19H,6,10-11H2,1-5H3. The van der Waals surface area contributed by atoms with Gasteiger partial charge in [0.2, 0.25) is 0 Å². The number of hydrogen-bond acceptors (Lipinski definition) is 2. The summed E-state index contributed by atoms with van der Waals surface area (Å²) < 4.78 is 13.6. The molecule has 0 saturated heterocycles. The van der Waals surface area contributed by atoms with Crippen molar-refractivity contribution >= 4 is 11.6 Å². The van der Waals surface area contributed by atoms with E-state index in [1.807, 2.05) is 6.07 Å². The smallest absolute Gasteiger partial charge is 0.142 e. The van der Waals surface area contributed by atoms with Gasteiger partial charge in [-0.1, -0.05) is 30.7 Å². The summed E-state index contributed by atoms with van der Waals surface area (Å²) in [7, 11) is 4.13. The third-order valence-electron chi connectivity index (χ3n) is 4.10. The average molecular weight is 301 g/mol. The Bertz CT molecular complexity index is 432. The second-order valence-corrected chi connectivity index (χ2v) is 6.35. The van der Waals surface area contributed by atoms with Crippen LogP contribution in [0.5, 0.6) is 0 Å². The number of hydrogen-bond donors (Lipinski definition) is 1. The first-order valence-corrected chi connectivity index (χ1v) is 7.52. The zero-order valence-electron chi connectivity index (χ0n) is 13.1. The number of likely N-dealkylation sites (N-methyl/N-ethyl adjacent to an activating group) is 1. The molecule has 0 fully saturated rings. The summed E-state index contributed by atoms with van der Waals surface area (Å²) in [4.78, 5) is 2.19. The highest BCUT2D eigenvalue weighted by Gasteiger charge is 2.31. The lowest BCUT2D eigenvalue weighted by Gasteiger charge is -2.41. The summed E-state index contributed by atoms with van der Waals surface area (Å²) in [6.45, 7) is 7.46. The molecule has 0 amide bonds. The quantitative estimate of drug-likeness (QED) is 0.825. The molecule has 0 bridgehead atoms. The second kappa shape index (κ2) is 7.39. The summed E-state index contributed by atoms with van der Waals surface area (Å²) >= 11 is 6.08. The van der Waals surface area contributed by atoms with Crippen LogP contribution in [0.15, 0.2) is 18.2 Å². The van der Waals surface area contributed by atoms with E-state index in [-0.39, 0.29) is 22.4 Å². The number of nitrogens with zero attached hydrogens (tertiary/aromatic N) is 1. The van der Waals surface area contributed by atoms with Crippen LogP contribution in [0.2, 0.25) is 5.02 Å². The lowest BCUT2D eigenvalue weighted by molar-refractivity contribution is 0.137. The van der Waals surface area contributed by atoms with Gasteiger partial charge in [-0.2, -0.15) is 0 Å². The first-order valence-electron chi connectivity index (χ1n) is 7.14. The minimum atomic E-state index is -0.346. The number of benzene rings is 1. The molecule has 2 nitrogen and oxygen atoms in total. The Hall–Kier alpha value is -0.640. The molecule has 1 atom stereocenters. The number of halogens is 2. The Labute approximate surface area is 127 Å². The first kappa shape index (κ1) is 17.4. The van der Waals surface area contributed by atoms with Gasteiger partial charge in [0.15, 0.2) is 0 Å². The molecule has 114 valence electrons. The molecule has 1 unspecified atom stereocenters. The molecule has 0 aliphatic heterocycles. The van der Waals surface area contributed by atoms with Gasteiger partial charge in [0.05, 0.1) is 5.02 Å². The highest BCUT2D eigenvalue weighted by Crippen LogP contribution is 2.25. The molecule has 1 N–H and O–H groups in total. The van der Waals surface area contributed by atoms with E-state index in [0.29, 0.717) is 6.42 Å². The highest BCUT2D eigenvalue weighted by molar-refractivity contribution is 6.31. The summed E-state index contributed by atoms with van der Waals surface area (Å²) in [5.41, 5.74) is 0.806. The zero-order valence-corrected chi connectivity index (χ0v) is 13.9. The molecule has 0 heterocycles. The Morgan fingerprint density at radius 2 is 2.00 bits per heavy atom. The Morgan fingerprint density at radius 1 is 1.35 bits per heavy atom. The van der Waals surface area contributed by atoms with E-state index in [0.717, 1.165) is 18.5 Å². The molecule has 1 rings (SSSR count). The maximum Gasteiger partial charge on any atom is 0.142 e. The predicted octanol–water partition coefficient (Wildman–Crippen LogP) is 3.73. The van der Waals surface area contributed by atoms with Gasteiger partial charge in [0, 0.05) is 11.6 Å². The van der Waals surface area contributed by atoms with Gasteiger partial charge in [-0.3, -0.25) is 0 Å². The van der Waals surface area contributed by atoms with Crippen molar-refractivity contribution in [3.8, 4) is 0 Å². The SMILES string of the molecule is CCCNC(Cc1cccc(F)c1Cl)C(C)(C)N(C)C. The van der Waals surface area contributed by atoms with Gasteiger partial charge in [-0.15, -0.1) is 0 Å². The van der Waals surface area contributed by atoms with Crippen LogP contribution in [-0.2, 0) is 6.42 Å². The van der Waals surface area contributed by atoms with E-state index < -0.39 is 0 Å². The Morgan fingerprint density at radius 3 is 2.55 bits per heavy atom. The molecule has 0 spiro atoms. The molecular weight excluding hydrogens is 275 g/mol. The van der Waals surface area contributed by atoms with Crippen LogP contribution >= 0.6 is 11.6 Å². The van der Waals surface area contributed by atoms with Crippen LogP contribution in [0, 0.1) is 5.82 Å². The van der Waals surface area contributed by atoms with Crippen LogP contribution in [0.25, 0.3) is 0 Å². The third kappa shape index (κ3) is 4.18. The largest absolute Gasteiger partial charge is 0.312 e. The van der Waals surface area contributed by atoms with E-state index in [2.05, 4.69) is 45.1 Å². The van der Waals surface area contributed by atoms with Gasteiger partial charge in [0.25, 0.3) is 0 Å². The van der Waals surface area contributed by atoms with Crippen LogP contribution in [0.3, 0.4) is 0 Å². The fourth-order valence-electron chi connectivity index (χ4n) is 2.13. The molecule has 20 heavy (non-hydrogen) atoms. The average Bonchev–Trinajstić information content (AvgIpc) is 2.38. The Balaban J connectivity index is 2.98. The van der Waals surface area contributed by atoms with E-state index in [9.17, 15) is 4.39 Å². The van der Waals surface area contributed by atoms with E-state index in [1.165, 1.54) is 6.07 Å². The molecule has 4 heteroatoms. The van der Waals surface area contributed by atoms with Crippen molar-refractivity contribution in [3.05, 3.63) is 34.6 Å². The molecule has 1 aromatic carbocycles. The topological polar surface area (TPSA) is 15.3 Å². The minimum Gasteiger partial charge on any atom is -0.312 e. The molecule has 0 radical (unpaired) electrons. The summed E-state index contributed by atoms with van der Waals surface area (Å²) in [6, 6.07) is 5.22. The number of rotatable bonds is 7. The van der Waals surface area contributed by atoms with Crippen molar-refractivity contribution in [3.63, 3.8) is 0 Å². The fourth-order valence-corrected chi connectivity index (χ4v) is 2.33. The summed E-state index contributed by atoms with van der Waals surface area (Å²) in [5, 5.41) is 3.80. The first-order chi connectivity index (χ1) is 9.30. The van der Waals surface area contributed by atoms with E-state index in [1.54, 1.807) is 6.07 Å². The van der Waals surface area contributed by atoms with Gasteiger partial charge in [0.1, 0.15) is 5.82 Å². The van der Waals surface area contributed by atoms with Crippen molar-refractivity contribution in [2.75, 3.05) is 20.6 Å². The number of nitrogens with one attached hydrogen (secondary N) is 1. The van der Waals surface area contributed by atoms with Crippen LogP contribution < -0.4 is 5.32 Å². The molecule has 1 aromatic rings. The predicted molar refractivity (Wildman–Crippen MR) is 85.0 cm³/mol.